The Kier molecular flexibility index (Phi) is 3.62. The van der Waals surface area contributed by atoms with Crippen LogP contribution in [-0.2, 0) is 9.84 Å². The van der Waals surface area contributed by atoms with Gasteiger partial charge >= 0.3 is 0 Å². The van der Waals surface area contributed by atoms with Crippen LogP contribution in [0.5, 0.6) is 0 Å². The van der Waals surface area contributed by atoms with Crippen LogP contribution in [0.4, 0.5) is 11.4 Å². The first-order valence-electron chi connectivity index (χ1n) is 5.17. The molecule has 0 aromatic heterocycles. The molecule has 0 atom stereocenters. The van der Waals surface area contributed by atoms with Gasteiger partial charge in [0.15, 0.2) is 0 Å². The average Bonchev–Trinajstić information content (AvgIpc) is 2.26. The Balaban J connectivity index is 2.65. The largest absolute Gasteiger partial charge is 0.399 e. The van der Waals surface area contributed by atoms with Gasteiger partial charge in [0.25, 0.3) is 0 Å². The third-order valence-electron chi connectivity index (χ3n) is 2.45. The Hall–Kier alpha value is -1.43. The maximum atomic E-state index is 12.4. The van der Waals surface area contributed by atoms with Crippen molar-refractivity contribution < 1.29 is 8.42 Å². The highest BCUT2D eigenvalue weighted by Gasteiger charge is 2.21. The second-order valence-corrected chi connectivity index (χ2v) is 6.68. The van der Waals surface area contributed by atoms with E-state index in [9.17, 15) is 8.42 Å². The van der Waals surface area contributed by atoms with Crippen molar-refractivity contribution in [3.8, 4) is 0 Å². The molecule has 0 aliphatic rings. The molecule has 4 nitrogen and oxygen atoms in total. The van der Waals surface area contributed by atoms with Crippen molar-refractivity contribution in [1.82, 2.24) is 0 Å². The molecule has 0 amide bonds. The molecule has 0 spiro atoms. The van der Waals surface area contributed by atoms with Crippen molar-refractivity contribution in [1.29, 1.82) is 0 Å². The van der Waals surface area contributed by atoms with Crippen molar-refractivity contribution in [3.05, 3.63) is 46.4 Å². The quantitative estimate of drug-likeness (QED) is 0.834. The zero-order valence-electron chi connectivity index (χ0n) is 9.60. The Morgan fingerprint density at radius 2 is 1.58 bits per heavy atom. The highest BCUT2D eigenvalue weighted by molar-refractivity contribution is 7.91. The van der Waals surface area contributed by atoms with E-state index in [1.54, 1.807) is 0 Å². The van der Waals surface area contributed by atoms with E-state index in [1.807, 2.05) is 0 Å². The van der Waals surface area contributed by atoms with E-state index in [1.165, 1.54) is 36.4 Å². The highest BCUT2D eigenvalue weighted by Crippen LogP contribution is 2.31. The monoisotopic (exact) mass is 316 g/mol. The molecular formula is C12H10Cl2N2O2S. The van der Waals surface area contributed by atoms with E-state index in [0.29, 0.717) is 5.69 Å². The van der Waals surface area contributed by atoms with Gasteiger partial charge in [-0.25, -0.2) is 8.42 Å². The number of hydrogen-bond acceptors (Lipinski definition) is 4. The summed E-state index contributed by atoms with van der Waals surface area (Å²) in [5.41, 5.74) is 11.8. The summed E-state index contributed by atoms with van der Waals surface area (Å²) in [5.74, 6) is 0. The van der Waals surface area contributed by atoms with Gasteiger partial charge in [-0.1, -0.05) is 23.2 Å². The molecule has 100 valence electrons. The van der Waals surface area contributed by atoms with Crippen LogP contribution in [0.25, 0.3) is 0 Å². The zero-order valence-corrected chi connectivity index (χ0v) is 11.9. The molecule has 2 aromatic carbocycles. The van der Waals surface area contributed by atoms with Crippen LogP contribution in [-0.4, -0.2) is 8.42 Å². The van der Waals surface area contributed by atoms with Gasteiger partial charge in [-0.2, -0.15) is 0 Å². The number of sulfone groups is 1. The smallest absolute Gasteiger partial charge is 0.208 e. The molecule has 2 rings (SSSR count). The lowest BCUT2D eigenvalue weighted by Crippen LogP contribution is -2.04. The van der Waals surface area contributed by atoms with Crippen LogP contribution in [0.1, 0.15) is 0 Å². The third-order valence-corrected chi connectivity index (χ3v) is 4.88. The number of benzene rings is 2. The van der Waals surface area contributed by atoms with Crippen LogP contribution in [0.3, 0.4) is 0 Å². The van der Waals surface area contributed by atoms with Gasteiger partial charge in [0.2, 0.25) is 9.84 Å². The second kappa shape index (κ2) is 4.92. The van der Waals surface area contributed by atoms with E-state index in [4.69, 9.17) is 34.7 Å². The Morgan fingerprint density at radius 1 is 0.895 bits per heavy atom. The first-order valence-corrected chi connectivity index (χ1v) is 7.41. The molecule has 0 aliphatic heterocycles. The van der Waals surface area contributed by atoms with Crippen molar-refractivity contribution in [2.24, 2.45) is 0 Å². The van der Waals surface area contributed by atoms with Gasteiger partial charge in [0, 0.05) is 16.4 Å². The van der Waals surface area contributed by atoms with Gasteiger partial charge < -0.3 is 11.5 Å². The lowest BCUT2D eigenvalue weighted by atomic mass is 10.3. The summed E-state index contributed by atoms with van der Waals surface area (Å²) >= 11 is 11.7. The van der Waals surface area contributed by atoms with Crippen LogP contribution < -0.4 is 11.5 Å². The maximum absolute atomic E-state index is 12.4. The van der Waals surface area contributed by atoms with E-state index in [0.717, 1.165) is 0 Å². The van der Waals surface area contributed by atoms with Crippen LogP contribution in [0, 0.1) is 0 Å². The summed E-state index contributed by atoms with van der Waals surface area (Å²) in [6, 6.07) is 8.30. The summed E-state index contributed by atoms with van der Waals surface area (Å²) in [5, 5.41) is 0.295. The van der Waals surface area contributed by atoms with Gasteiger partial charge in [-0.05, 0) is 36.4 Å². The van der Waals surface area contributed by atoms with E-state index < -0.39 is 9.84 Å². The highest BCUT2D eigenvalue weighted by atomic mass is 35.5. The van der Waals surface area contributed by atoms with Crippen LogP contribution in [0.2, 0.25) is 10.0 Å². The minimum atomic E-state index is -3.78. The summed E-state index contributed by atoms with van der Waals surface area (Å²) in [4.78, 5) is -0.0470. The third kappa shape index (κ3) is 2.78. The van der Waals surface area contributed by atoms with Crippen molar-refractivity contribution in [2.45, 2.75) is 9.79 Å². The summed E-state index contributed by atoms with van der Waals surface area (Å²) in [7, 11) is -3.78. The average molecular weight is 317 g/mol. The molecule has 0 aliphatic carbocycles. The molecule has 7 heteroatoms. The fraction of sp³-hybridized carbons (Fsp3) is 0. The minimum Gasteiger partial charge on any atom is -0.399 e. The first-order chi connectivity index (χ1) is 8.80. The predicted molar refractivity (Wildman–Crippen MR) is 77.2 cm³/mol. The Morgan fingerprint density at radius 3 is 2.16 bits per heavy atom. The van der Waals surface area contributed by atoms with E-state index >= 15 is 0 Å². The number of nitrogens with two attached hydrogens (primary N) is 2. The maximum Gasteiger partial charge on any atom is 0.208 e. The minimum absolute atomic E-state index is 0.0100. The van der Waals surface area contributed by atoms with Gasteiger partial charge in [0.05, 0.1) is 14.8 Å². The molecule has 0 radical (unpaired) electrons. The Labute approximate surface area is 120 Å². The van der Waals surface area contributed by atoms with Crippen molar-refractivity contribution in [2.75, 3.05) is 11.5 Å². The van der Waals surface area contributed by atoms with Gasteiger partial charge in [-0.3, -0.25) is 0 Å². The fourth-order valence-electron chi connectivity index (χ4n) is 1.60. The van der Waals surface area contributed by atoms with Gasteiger partial charge in [0.1, 0.15) is 0 Å². The summed E-state index contributed by atoms with van der Waals surface area (Å²) in [6.45, 7) is 0. The molecule has 0 unspecified atom stereocenters. The fourth-order valence-corrected chi connectivity index (χ4v) is 3.79. The molecule has 0 saturated heterocycles. The number of halogens is 2. The van der Waals surface area contributed by atoms with Crippen molar-refractivity contribution in [3.63, 3.8) is 0 Å². The lowest BCUT2D eigenvalue weighted by Gasteiger charge is -2.08. The SMILES string of the molecule is Nc1cc(Cl)cc(S(=O)(=O)c2ccc(N)cc2Cl)c1. The standard InChI is InChI=1S/C12H10Cl2N2O2S/c13-7-3-9(16)5-10(4-7)19(17,18)12-2-1-8(15)6-11(12)14/h1-6H,15-16H2. The van der Waals surface area contributed by atoms with E-state index in [-0.39, 0.29) is 25.5 Å². The molecule has 0 saturated carbocycles. The van der Waals surface area contributed by atoms with E-state index in [2.05, 4.69) is 0 Å². The summed E-state index contributed by atoms with van der Waals surface area (Å²) < 4.78 is 24.9. The Bertz CT molecular complexity index is 725. The zero-order chi connectivity index (χ0) is 14.2. The number of nitrogen functional groups attached to an aromatic ring is 2. The lowest BCUT2D eigenvalue weighted by molar-refractivity contribution is 0.596. The molecule has 4 N–H and O–H groups in total. The molecule has 0 heterocycles. The number of hydrogen-bond donors (Lipinski definition) is 2. The molecular weight excluding hydrogens is 307 g/mol. The molecule has 0 fully saturated rings. The van der Waals surface area contributed by atoms with Crippen molar-refractivity contribution >= 4 is 44.4 Å². The van der Waals surface area contributed by atoms with Crippen LogP contribution in [0.15, 0.2) is 46.2 Å². The number of rotatable bonds is 2. The van der Waals surface area contributed by atoms with Gasteiger partial charge in [-0.15, -0.1) is 0 Å². The summed E-state index contributed by atoms with van der Waals surface area (Å²) in [6.07, 6.45) is 0. The van der Waals surface area contributed by atoms with Crippen LogP contribution >= 0.6 is 23.2 Å². The second-order valence-electron chi connectivity index (χ2n) is 3.91. The topological polar surface area (TPSA) is 86.2 Å². The molecule has 19 heavy (non-hydrogen) atoms. The normalized spacial score (nSPS) is 11.5. The number of anilines is 2. The molecule has 0 bridgehead atoms. The molecule has 2 aromatic rings. The first kappa shape index (κ1) is 14.0. The predicted octanol–water partition coefficient (Wildman–Crippen LogP) is 2.99.